The van der Waals surface area contributed by atoms with Crippen LogP contribution in [0.3, 0.4) is 0 Å². The normalized spacial score (nSPS) is 24.4. The Morgan fingerprint density at radius 1 is 1.38 bits per heavy atom. The van der Waals surface area contributed by atoms with Crippen molar-refractivity contribution in [3.63, 3.8) is 0 Å². The Balaban J connectivity index is 2.23. The minimum atomic E-state index is -0.131. The largest absolute Gasteiger partial charge is 0.350 e. The quantitative estimate of drug-likeness (QED) is 0.773. The number of nitrogens with one attached hydrogen (secondary N) is 2. The second-order valence-electron chi connectivity index (χ2n) is 6.78. The van der Waals surface area contributed by atoms with Gasteiger partial charge in [-0.05, 0) is 45.4 Å². The lowest BCUT2D eigenvalue weighted by Crippen LogP contribution is -2.46. The van der Waals surface area contributed by atoms with Crippen LogP contribution >= 0.6 is 0 Å². The third-order valence-electron chi connectivity index (χ3n) is 3.03. The van der Waals surface area contributed by atoms with Crippen LogP contribution in [0, 0.1) is 5.41 Å². The van der Waals surface area contributed by atoms with E-state index in [0.717, 1.165) is 0 Å². The molecule has 1 atom stereocenters. The predicted octanol–water partition coefficient (Wildman–Crippen LogP) is 2.07. The lowest BCUT2D eigenvalue weighted by atomic mass is 9.92. The maximum absolute atomic E-state index is 11.6. The molecule has 1 aliphatic rings. The Bertz CT molecular complexity index is 253. The molecule has 0 aliphatic heterocycles. The number of amides is 1. The van der Waals surface area contributed by atoms with E-state index >= 15 is 0 Å². The van der Waals surface area contributed by atoms with Gasteiger partial charge in [0.05, 0.1) is 6.54 Å². The van der Waals surface area contributed by atoms with Crippen LogP contribution < -0.4 is 10.6 Å². The zero-order chi connectivity index (χ0) is 12.4. The van der Waals surface area contributed by atoms with Gasteiger partial charge < -0.3 is 10.6 Å². The minimum absolute atomic E-state index is 0.0946. The first-order valence-corrected chi connectivity index (χ1v) is 6.22. The molecule has 0 spiro atoms. The molecule has 0 aromatic heterocycles. The van der Waals surface area contributed by atoms with Crippen molar-refractivity contribution in [1.29, 1.82) is 0 Å². The number of carbonyl (C=O) groups excluding carboxylic acids is 1. The minimum Gasteiger partial charge on any atom is -0.350 e. The molecule has 1 unspecified atom stereocenters. The van der Waals surface area contributed by atoms with Gasteiger partial charge in [-0.15, -0.1) is 0 Å². The fourth-order valence-corrected chi connectivity index (χ4v) is 2.31. The Hall–Kier alpha value is -0.570. The number of hydrogen-bond acceptors (Lipinski definition) is 2. The SMILES string of the molecule is CC1(C)CCC(NCC(=O)NC(C)(C)C)C1. The van der Waals surface area contributed by atoms with Crippen LogP contribution in [0.15, 0.2) is 0 Å². The van der Waals surface area contributed by atoms with E-state index in [9.17, 15) is 4.79 Å². The zero-order valence-electron chi connectivity index (χ0n) is 11.3. The van der Waals surface area contributed by atoms with E-state index < -0.39 is 0 Å². The highest BCUT2D eigenvalue weighted by Gasteiger charge is 2.30. The molecule has 1 amide bonds. The van der Waals surface area contributed by atoms with Gasteiger partial charge in [-0.2, -0.15) is 0 Å². The van der Waals surface area contributed by atoms with Crippen molar-refractivity contribution in [2.75, 3.05) is 6.54 Å². The van der Waals surface area contributed by atoms with E-state index in [0.29, 0.717) is 18.0 Å². The second kappa shape index (κ2) is 4.74. The fourth-order valence-electron chi connectivity index (χ4n) is 2.31. The van der Waals surface area contributed by atoms with E-state index in [2.05, 4.69) is 24.5 Å². The van der Waals surface area contributed by atoms with Crippen LogP contribution in [0.4, 0.5) is 0 Å². The summed E-state index contributed by atoms with van der Waals surface area (Å²) in [6.45, 7) is 11.0. The Morgan fingerprint density at radius 3 is 2.44 bits per heavy atom. The molecule has 0 aromatic rings. The Kier molecular flexibility index (Phi) is 4.00. The topological polar surface area (TPSA) is 41.1 Å². The molecule has 1 aliphatic carbocycles. The van der Waals surface area contributed by atoms with E-state index in [1.807, 2.05) is 20.8 Å². The standard InChI is InChI=1S/C13H26N2O/c1-12(2,3)15-11(16)9-14-10-6-7-13(4,5)8-10/h10,14H,6-9H2,1-5H3,(H,15,16). The van der Waals surface area contributed by atoms with Crippen molar-refractivity contribution in [2.24, 2.45) is 5.41 Å². The van der Waals surface area contributed by atoms with Crippen molar-refractivity contribution in [3.8, 4) is 0 Å². The van der Waals surface area contributed by atoms with Crippen molar-refractivity contribution in [2.45, 2.75) is 65.5 Å². The molecule has 3 heteroatoms. The second-order valence-corrected chi connectivity index (χ2v) is 6.78. The first-order chi connectivity index (χ1) is 7.18. The maximum atomic E-state index is 11.6. The molecule has 0 heterocycles. The van der Waals surface area contributed by atoms with Gasteiger partial charge in [-0.1, -0.05) is 13.8 Å². The summed E-state index contributed by atoms with van der Waals surface area (Å²) in [5.74, 6) is 0.0946. The van der Waals surface area contributed by atoms with Crippen LogP contribution in [-0.2, 0) is 4.79 Å². The van der Waals surface area contributed by atoms with Crippen molar-refractivity contribution in [1.82, 2.24) is 10.6 Å². The van der Waals surface area contributed by atoms with E-state index in [4.69, 9.17) is 0 Å². The molecule has 3 nitrogen and oxygen atoms in total. The first-order valence-electron chi connectivity index (χ1n) is 6.22. The Morgan fingerprint density at radius 2 is 2.00 bits per heavy atom. The fraction of sp³-hybridized carbons (Fsp3) is 0.923. The van der Waals surface area contributed by atoms with Crippen LogP contribution in [0.2, 0.25) is 0 Å². The molecular weight excluding hydrogens is 200 g/mol. The van der Waals surface area contributed by atoms with Gasteiger partial charge in [0.15, 0.2) is 0 Å². The van der Waals surface area contributed by atoms with Gasteiger partial charge >= 0.3 is 0 Å². The summed E-state index contributed by atoms with van der Waals surface area (Å²) in [5.41, 5.74) is 0.311. The van der Waals surface area contributed by atoms with E-state index in [-0.39, 0.29) is 11.4 Å². The molecule has 0 saturated heterocycles. The third kappa shape index (κ3) is 4.97. The number of hydrogen-bond donors (Lipinski definition) is 2. The summed E-state index contributed by atoms with van der Waals surface area (Å²) in [6, 6.07) is 0.515. The first kappa shape index (κ1) is 13.5. The molecule has 0 radical (unpaired) electrons. The average Bonchev–Trinajstić information content (AvgIpc) is 2.39. The van der Waals surface area contributed by atoms with Gasteiger partial charge in [0.2, 0.25) is 5.91 Å². The summed E-state index contributed by atoms with van der Waals surface area (Å²) >= 11 is 0. The van der Waals surface area contributed by atoms with Gasteiger partial charge in [0.1, 0.15) is 0 Å². The molecule has 2 N–H and O–H groups in total. The van der Waals surface area contributed by atoms with Crippen molar-refractivity contribution < 1.29 is 4.79 Å². The summed E-state index contributed by atoms with van der Waals surface area (Å²) < 4.78 is 0. The molecular formula is C13H26N2O. The lowest BCUT2D eigenvalue weighted by molar-refractivity contribution is -0.121. The number of rotatable bonds is 3. The highest BCUT2D eigenvalue weighted by atomic mass is 16.2. The van der Waals surface area contributed by atoms with Gasteiger partial charge in [-0.25, -0.2) is 0 Å². The van der Waals surface area contributed by atoms with Gasteiger partial charge in [-0.3, -0.25) is 4.79 Å². The highest BCUT2D eigenvalue weighted by Crippen LogP contribution is 2.36. The zero-order valence-corrected chi connectivity index (χ0v) is 11.3. The van der Waals surface area contributed by atoms with Crippen LogP contribution in [-0.4, -0.2) is 24.0 Å². The highest BCUT2D eigenvalue weighted by molar-refractivity contribution is 5.78. The average molecular weight is 226 g/mol. The monoisotopic (exact) mass is 226 g/mol. The molecule has 1 fully saturated rings. The lowest BCUT2D eigenvalue weighted by Gasteiger charge is -2.22. The summed E-state index contributed by atoms with van der Waals surface area (Å²) in [4.78, 5) is 11.6. The van der Waals surface area contributed by atoms with E-state index in [1.54, 1.807) is 0 Å². The van der Waals surface area contributed by atoms with Crippen LogP contribution in [0.1, 0.15) is 53.9 Å². The summed E-state index contributed by atoms with van der Waals surface area (Å²) in [6.07, 6.45) is 3.62. The molecule has 0 bridgehead atoms. The van der Waals surface area contributed by atoms with Crippen LogP contribution in [0.25, 0.3) is 0 Å². The van der Waals surface area contributed by atoms with Crippen molar-refractivity contribution in [3.05, 3.63) is 0 Å². The summed E-state index contributed by atoms with van der Waals surface area (Å²) in [5, 5.41) is 6.31. The summed E-state index contributed by atoms with van der Waals surface area (Å²) in [7, 11) is 0. The Labute approximate surface area is 99.4 Å². The van der Waals surface area contributed by atoms with Crippen molar-refractivity contribution >= 4 is 5.91 Å². The molecule has 1 rings (SSSR count). The van der Waals surface area contributed by atoms with Gasteiger partial charge in [0.25, 0.3) is 0 Å². The molecule has 1 saturated carbocycles. The maximum Gasteiger partial charge on any atom is 0.234 e. The number of carbonyl (C=O) groups is 1. The molecule has 16 heavy (non-hydrogen) atoms. The molecule has 0 aromatic carbocycles. The van der Waals surface area contributed by atoms with Crippen LogP contribution in [0.5, 0.6) is 0 Å². The molecule has 94 valence electrons. The smallest absolute Gasteiger partial charge is 0.234 e. The predicted molar refractivity (Wildman–Crippen MR) is 67.3 cm³/mol. The van der Waals surface area contributed by atoms with Gasteiger partial charge in [0, 0.05) is 11.6 Å². The third-order valence-corrected chi connectivity index (χ3v) is 3.03. The van der Waals surface area contributed by atoms with E-state index in [1.165, 1.54) is 19.3 Å².